The van der Waals surface area contributed by atoms with Crippen LogP contribution in [0.1, 0.15) is 13.8 Å². The van der Waals surface area contributed by atoms with Crippen LogP contribution in [0, 0.1) is 5.41 Å². The van der Waals surface area contributed by atoms with Crippen molar-refractivity contribution in [3.63, 3.8) is 0 Å². The van der Waals surface area contributed by atoms with Crippen molar-refractivity contribution < 1.29 is 9.53 Å². The van der Waals surface area contributed by atoms with E-state index in [1.54, 1.807) is 0 Å². The van der Waals surface area contributed by atoms with Crippen LogP contribution >= 0.6 is 15.9 Å². The summed E-state index contributed by atoms with van der Waals surface area (Å²) in [6, 6.07) is 5.58. The Balaban J connectivity index is 2.40. The van der Waals surface area contributed by atoms with Crippen molar-refractivity contribution in [1.29, 1.82) is 0 Å². The van der Waals surface area contributed by atoms with Gasteiger partial charge in [0.05, 0.1) is 11.1 Å². The van der Waals surface area contributed by atoms with E-state index in [0.717, 1.165) is 15.9 Å². The monoisotopic (exact) mass is 269 g/mol. The Morgan fingerprint density at radius 3 is 2.93 bits per heavy atom. The third-order valence-electron chi connectivity index (χ3n) is 2.39. The van der Waals surface area contributed by atoms with E-state index in [1.807, 2.05) is 32.0 Å². The molecule has 1 aliphatic rings. The first-order valence-corrected chi connectivity index (χ1v) is 5.52. The van der Waals surface area contributed by atoms with Crippen LogP contribution in [0.2, 0.25) is 0 Å². The SMILES string of the molecule is CC1(C)COc2ccc(Br)cc2NC1=O. The highest BCUT2D eigenvalue weighted by Gasteiger charge is 2.32. The van der Waals surface area contributed by atoms with E-state index < -0.39 is 5.41 Å². The quantitative estimate of drug-likeness (QED) is 0.787. The summed E-state index contributed by atoms with van der Waals surface area (Å²) in [5.41, 5.74) is 0.228. The summed E-state index contributed by atoms with van der Waals surface area (Å²) in [5.74, 6) is 0.705. The summed E-state index contributed by atoms with van der Waals surface area (Å²) in [5, 5.41) is 2.86. The Morgan fingerprint density at radius 2 is 2.20 bits per heavy atom. The van der Waals surface area contributed by atoms with Crippen molar-refractivity contribution in [2.24, 2.45) is 5.41 Å². The normalized spacial score (nSPS) is 18.5. The minimum absolute atomic E-state index is 0.0145. The zero-order valence-electron chi connectivity index (χ0n) is 8.63. The Hall–Kier alpha value is -1.03. The third-order valence-corrected chi connectivity index (χ3v) is 2.89. The molecular weight excluding hydrogens is 258 g/mol. The second kappa shape index (κ2) is 3.52. The van der Waals surface area contributed by atoms with Gasteiger partial charge in [-0.1, -0.05) is 15.9 Å². The van der Waals surface area contributed by atoms with Crippen LogP contribution in [0.5, 0.6) is 5.75 Å². The predicted octanol–water partition coefficient (Wildman–Crippen LogP) is 2.81. The smallest absolute Gasteiger partial charge is 0.233 e. The van der Waals surface area contributed by atoms with Gasteiger partial charge in [0.2, 0.25) is 5.91 Å². The lowest BCUT2D eigenvalue weighted by Crippen LogP contribution is -2.33. The van der Waals surface area contributed by atoms with E-state index >= 15 is 0 Å². The van der Waals surface area contributed by atoms with Gasteiger partial charge in [-0.05, 0) is 32.0 Å². The van der Waals surface area contributed by atoms with Crippen molar-refractivity contribution >= 4 is 27.5 Å². The summed E-state index contributed by atoms with van der Waals surface area (Å²) in [4.78, 5) is 11.8. The maximum atomic E-state index is 11.8. The molecule has 0 radical (unpaired) electrons. The Bertz CT molecular complexity index is 415. The molecule has 0 aromatic heterocycles. The molecule has 0 saturated carbocycles. The molecule has 0 spiro atoms. The van der Waals surface area contributed by atoms with Crippen LogP contribution in [-0.2, 0) is 4.79 Å². The second-order valence-corrected chi connectivity index (χ2v) is 5.18. The average molecular weight is 270 g/mol. The molecule has 1 aromatic carbocycles. The molecule has 1 aliphatic heterocycles. The molecule has 0 aliphatic carbocycles. The molecule has 2 rings (SSSR count). The molecular formula is C11H12BrNO2. The zero-order valence-corrected chi connectivity index (χ0v) is 10.2. The molecule has 0 atom stereocenters. The summed E-state index contributed by atoms with van der Waals surface area (Å²) in [7, 11) is 0. The summed E-state index contributed by atoms with van der Waals surface area (Å²) >= 11 is 3.36. The van der Waals surface area contributed by atoms with Crippen LogP contribution < -0.4 is 10.1 Å². The van der Waals surface area contributed by atoms with Gasteiger partial charge in [0.25, 0.3) is 0 Å². The summed E-state index contributed by atoms with van der Waals surface area (Å²) in [6.07, 6.45) is 0. The largest absolute Gasteiger partial charge is 0.490 e. The van der Waals surface area contributed by atoms with Crippen LogP contribution in [-0.4, -0.2) is 12.5 Å². The molecule has 0 unspecified atom stereocenters. The molecule has 1 amide bonds. The van der Waals surface area contributed by atoms with Crippen LogP contribution in [0.15, 0.2) is 22.7 Å². The number of ether oxygens (including phenoxy) is 1. The molecule has 80 valence electrons. The first-order valence-electron chi connectivity index (χ1n) is 4.73. The van der Waals surface area contributed by atoms with E-state index in [0.29, 0.717) is 6.61 Å². The predicted molar refractivity (Wildman–Crippen MR) is 62.0 cm³/mol. The van der Waals surface area contributed by atoms with Gasteiger partial charge in [0.15, 0.2) is 0 Å². The van der Waals surface area contributed by atoms with E-state index in [1.165, 1.54) is 0 Å². The number of benzene rings is 1. The molecule has 15 heavy (non-hydrogen) atoms. The number of halogens is 1. The number of nitrogens with one attached hydrogen (secondary N) is 1. The Labute approximate surface area is 96.9 Å². The fourth-order valence-corrected chi connectivity index (χ4v) is 1.70. The zero-order chi connectivity index (χ0) is 11.1. The lowest BCUT2D eigenvalue weighted by atomic mass is 9.94. The topological polar surface area (TPSA) is 38.3 Å². The maximum Gasteiger partial charge on any atom is 0.233 e. The molecule has 3 nitrogen and oxygen atoms in total. The van der Waals surface area contributed by atoms with E-state index in [2.05, 4.69) is 21.2 Å². The summed E-state index contributed by atoms with van der Waals surface area (Å²) in [6.45, 7) is 4.12. The van der Waals surface area contributed by atoms with Crippen LogP contribution in [0.25, 0.3) is 0 Å². The number of hydrogen-bond donors (Lipinski definition) is 1. The van der Waals surface area contributed by atoms with Crippen molar-refractivity contribution in [1.82, 2.24) is 0 Å². The molecule has 0 bridgehead atoms. The molecule has 1 heterocycles. The second-order valence-electron chi connectivity index (χ2n) is 4.27. The highest BCUT2D eigenvalue weighted by molar-refractivity contribution is 9.10. The lowest BCUT2D eigenvalue weighted by Gasteiger charge is -2.18. The highest BCUT2D eigenvalue weighted by atomic mass is 79.9. The number of anilines is 1. The van der Waals surface area contributed by atoms with E-state index in [-0.39, 0.29) is 5.91 Å². The number of hydrogen-bond acceptors (Lipinski definition) is 2. The molecule has 4 heteroatoms. The van der Waals surface area contributed by atoms with Crippen LogP contribution in [0.3, 0.4) is 0 Å². The number of carbonyl (C=O) groups excluding carboxylic acids is 1. The number of fused-ring (bicyclic) bond motifs is 1. The number of rotatable bonds is 0. The van der Waals surface area contributed by atoms with Crippen molar-refractivity contribution in [2.75, 3.05) is 11.9 Å². The van der Waals surface area contributed by atoms with E-state index in [9.17, 15) is 4.79 Å². The molecule has 1 aromatic rings. The first kappa shape index (κ1) is 10.5. The van der Waals surface area contributed by atoms with Crippen LogP contribution in [0.4, 0.5) is 5.69 Å². The minimum atomic E-state index is -0.495. The third kappa shape index (κ3) is 2.00. The fourth-order valence-electron chi connectivity index (χ4n) is 1.34. The van der Waals surface area contributed by atoms with Gasteiger partial charge in [0, 0.05) is 4.47 Å². The average Bonchev–Trinajstić information content (AvgIpc) is 2.25. The van der Waals surface area contributed by atoms with Gasteiger partial charge in [0.1, 0.15) is 12.4 Å². The van der Waals surface area contributed by atoms with Gasteiger partial charge in [-0.25, -0.2) is 0 Å². The lowest BCUT2D eigenvalue weighted by molar-refractivity contribution is -0.124. The van der Waals surface area contributed by atoms with Gasteiger partial charge in [-0.3, -0.25) is 4.79 Å². The Morgan fingerprint density at radius 1 is 1.47 bits per heavy atom. The van der Waals surface area contributed by atoms with E-state index in [4.69, 9.17) is 4.74 Å². The highest BCUT2D eigenvalue weighted by Crippen LogP contribution is 2.33. The van der Waals surface area contributed by atoms with Crippen molar-refractivity contribution in [2.45, 2.75) is 13.8 Å². The first-order chi connectivity index (χ1) is 6.99. The Kier molecular flexibility index (Phi) is 2.46. The van der Waals surface area contributed by atoms with Crippen molar-refractivity contribution in [3.8, 4) is 5.75 Å². The van der Waals surface area contributed by atoms with Gasteiger partial charge in [-0.15, -0.1) is 0 Å². The number of amides is 1. The van der Waals surface area contributed by atoms with Crippen molar-refractivity contribution in [3.05, 3.63) is 22.7 Å². The standard InChI is InChI=1S/C11H12BrNO2/c1-11(2)6-15-9-4-3-7(12)5-8(9)13-10(11)14/h3-5H,6H2,1-2H3,(H,13,14). The summed E-state index contributed by atoms with van der Waals surface area (Å²) < 4.78 is 6.51. The molecule has 1 N–H and O–H groups in total. The van der Waals surface area contributed by atoms with Gasteiger partial charge < -0.3 is 10.1 Å². The molecule has 0 fully saturated rings. The van der Waals surface area contributed by atoms with Gasteiger partial charge in [-0.2, -0.15) is 0 Å². The maximum absolute atomic E-state index is 11.8. The number of carbonyl (C=O) groups is 1. The van der Waals surface area contributed by atoms with Gasteiger partial charge >= 0.3 is 0 Å². The fraction of sp³-hybridized carbons (Fsp3) is 0.364. The molecule has 0 saturated heterocycles. The minimum Gasteiger partial charge on any atom is -0.490 e.